The zero-order chi connectivity index (χ0) is 26.7. The monoisotopic (exact) mass is 528 g/mol. The number of nitrogens with zero attached hydrogens (tertiary/aromatic N) is 3. The minimum atomic E-state index is -4.46. The topological polar surface area (TPSA) is 109 Å². The molecule has 4 N–H and O–H groups in total. The number of anilines is 2. The van der Waals surface area contributed by atoms with Crippen molar-refractivity contribution in [1.29, 1.82) is 0 Å². The van der Waals surface area contributed by atoms with Crippen LogP contribution >= 0.6 is 0 Å². The van der Waals surface area contributed by atoms with Crippen LogP contribution in [0, 0.1) is 0 Å². The second kappa shape index (κ2) is 11.0. The zero-order valence-corrected chi connectivity index (χ0v) is 20.9. The molecule has 11 heteroatoms. The minimum absolute atomic E-state index is 0.0919. The standard InChI is InChI=1S/C27H31F3N6O2/c28-27(29,30)23-11-4-12-24(35-23)36-13-5-8-19(16-36)33-20-9-1-2-10-21(20)34-26-32-15-22(38-26)17-6-3-7-18(14-17)25(31)37/h3-4,6-7,11-12,14-15,19-21,33H,1-2,5,8-10,13,16H2,(H2,31,37)(H,32,34)/t19-,20-,21?/m0/s1. The lowest BCUT2D eigenvalue weighted by Gasteiger charge is -2.39. The predicted molar refractivity (Wildman–Crippen MR) is 138 cm³/mol. The number of benzene rings is 1. The van der Waals surface area contributed by atoms with E-state index in [2.05, 4.69) is 20.6 Å². The fraction of sp³-hybridized carbons (Fsp3) is 0.444. The lowest BCUT2D eigenvalue weighted by atomic mass is 9.89. The molecule has 0 spiro atoms. The van der Waals surface area contributed by atoms with Gasteiger partial charge in [-0.3, -0.25) is 4.79 Å². The highest BCUT2D eigenvalue weighted by Crippen LogP contribution is 2.30. The number of hydrogen-bond acceptors (Lipinski definition) is 7. The number of hydrogen-bond donors (Lipinski definition) is 3. The normalized spacial score (nSPS) is 22.3. The Morgan fingerprint density at radius 1 is 1.05 bits per heavy atom. The van der Waals surface area contributed by atoms with E-state index in [4.69, 9.17) is 10.2 Å². The molecule has 8 nitrogen and oxygen atoms in total. The number of halogens is 3. The highest BCUT2D eigenvalue weighted by molar-refractivity contribution is 5.93. The highest BCUT2D eigenvalue weighted by atomic mass is 19.4. The minimum Gasteiger partial charge on any atom is -0.424 e. The van der Waals surface area contributed by atoms with Gasteiger partial charge in [0.15, 0.2) is 5.76 Å². The molecule has 0 bridgehead atoms. The molecule has 2 aromatic heterocycles. The molecule has 38 heavy (non-hydrogen) atoms. The van der Waals surface area contributed by atoms with Gasteiger partial charge < -0.3 is 25.7 Å². The second-order valence-corrected chi connectivity index (χ2v) is 9.95. The maximum Gasteiger partial charge on any atom is 0.433 e. The molecule has 2 fully saturated rings. The third-order valence-electron chi connectivity index (χ3n) is 7.23. The number of rotatable bonds is 7. The van der Waals surface area contributed by atoms with Gasteiger partial charge in [0.25, 0.3) is 6.01 Å². The van der Waals surface area contributed by atoms with Crippen LogP contribution in [0.25, 0.3) is 11.3 Å². The van der Waals surface area contributed by atoms with Crippen LogP contribution in [0.1, 0.15) is 54.6 Å². The van der Waals surface area contributed by atoms with E-state index < -0.39 is 17.8 Å². The number of pyridine rings is 1. The van der Waals surface area contributed by atoms with E-state index in [0.29, 0.717) is 41.8 Å². The Bertz CT molecular complexity index is 1260. The lowest BCUT2D eigenvalue weighted by Crippen LogP contribution is -2.55. The molecule has 1 saturated carbocycles. The van der Waals surface area contributed by atoms with Crippen molar-refractivity contribution in [2.24, 2.45) is 5.73 Å². The molecule has 1 aromatic carbocycles. The van der Waals surface area contributed by atoms with Crippen LogP contribution in [0.5, 0.6) is 0 Å². The quantitative estimate of drug-likeness (QED) is 0.403. The van der Waals surface area contributed by atoms with Crippen LogP contribution in [-0.4, -0.2) is 47.1 Å². The number of alkyl halides is 3. The molecule has 1 saturated heterocycles. The molecule has 3 aromatic rings. The summed E-state index contributed by atoms with van der Waals surface area (Å²) in [7, 11) is 0. The van der Waals surface area contributed by atoms with Crippen molar-refractivity contribution in [2.75, 3.05) is 23.3 Å². The number of nitrogens with two attached hydrogens (primary N) is 1. The third kappa shape index (κ3) is 6.09. The lowest BCUT2D eigenvalue weighted by molar-refractivity contribution is -0.141. The van der Waals surface area contributed by atoms with Gasteiger partial charge in [-0.15, -0.1) is 0 Å². The van der Waals surface area contributed by atoms with Crippen molar-refractivity contribution in [1.82, 2.24) is 15.3 Å². The SMILES string of the molecule is NC(=O)c1cccc(-c2cnc(NC3CCCC[C@@H]3N[C@H]3CCCN(c4cccc(C(F)(F)F)n4)C3)o2)c1. The van der Waals surface area contributed by atoms with Gasteiger partial charge in [0.1, 0.15) is 11.5 Å². The summed E-state index contributed by atoms with van der Waals surface area (Å²) in [4.78, 5) is 21.7. The van der Waals surface area contributed by atoms with E-state index in [1.807, 2.05) is 11.0 Å². The van der Waals surface area contributed by atoms with E-state index in [1.165, 1.54) is 6.07 Å². The van der Waals surface area contributed by atoms with Gasteiger partial charge in [0.05, 0.1) is 6.20 Å². The van der Waals surface area contributed by atoms with Crippen molar-refractivity contribution in [3.63, 3.8) is 0 Å². The zero-order valence-electron chi connectivity index (χ0n) is 20.9. The van der Waals surface area contributed by atoms with Crippen LogP contribution in [0.15, 0.2) is 53.1 Å². The maximum absolute atomic E-state index is 13.2. The van der Waals surface area contributed by atoms with E-state index in [9.17, 15) is 18.0 Å². The predicted octanol–water partition coefficient (Wildman–Crippen LogP) is 4.84. The molecular weight excluding hydrogens is 497 g/mol. The van der Waals surface area contributed by atoms with Gasteiger partial charge in [-0.1, -0.05) is 31.0 Å². The average Bonchev–Trinajstić information content (AvgIpc) is 3.38. The smallest absolute Gasteiger partial charge is 0.424 e. The number of aromatic nitrogens is 2. The summed E-state index contributed by atoms with van der Waals surface area (Å²) >= 11 is 0. The van der Waals surface area contributed by atoms with Crippen LogP contribution in [-0.2, 0) is 6.18 Å². The molecule has 202 valence electrons. The summed E-state index contributed by atoms with van der Waals surface area (Å²) in [5.74, 6) is 0.385. The van der Waals surface area contributed by atoms with Gasteiger partial charge in [-0.25, -0.2) is 9.97 Å². The number of oxazole rings is 1. The number of carbonyl (C=O) groups excluding carboxylic acids is 1. The first-order valence-corrected chi connectivity index (χ1v) is 12.9. The Hall–Kier alpha value is -3.60. The number of amides is 1. The summed E-state index contributed by atoms with van der Waals surface area (Å²) in [6.07, 6.45) is 3.06. The number of carbonyl (C=O) groups is 1. The van der Waals surface area contributed by atoms with E-state index in [0.717, 1.165) is 44.6 Å². The van der Waals surface area contributed by atoms with Gasteiger partial charge in [0.2, 0.25) is 5.91 Å². The average molecular weight is 529 g/mol. The summed E-state index contributed by atoms with van der Waals surface area (Å²) in [5, 5.41) is 7.19. The van der Waals surface area contributed by atoms with Crippen molar-refractivity contribution >= 4 is 17.7 Å². The largest absolute Gasteiger partial charge is 0.433 e. The first-order chi connectivity index (χ1) is 18.3. The molecule has 1 amide bonds. The third-order valence-corrected chi connectivity index (χ3v) is 7.23. The molecule has 3 heterocycles. The van der Waals surface area contributed by atoms with Crippen molar-refractivity contribution < 1.29 is 22.4 Å². The van der Waals surface area contributed by atoms with Gasteiger partial charge in [-0.2, -0.15) is 13.2 Å². The van der Waals surface area contributed by atoms with Crippen molar-refractivity contribution in [3.05, 3.63) is 59.9 Å². The molecule has 2 aliphatic rings. The molecule has 1 unspecified atom stereocenters. The molecular formula is C27H31F3N6O2. The molecule has 1 aliphatic carbocycles. The van der Waals surface area contributed by atoms with E-state index in [1.54, 1.807) is 30.5 Å². The van der Waals surface area contributed by atoms with E-state index in [-0.39, 0.29) is 18.1 Å². The summed E-state index contributed by atoms with van der Waals surface area (Å²) < 4.78 is 45.4. The summed E-state index contributed by atoms with van der Waals surface area (Å²) in [6, 6.07) is 11.7. The number of nitrogens with one attached hydrogen (secondary N) is 2. The Labute approximate surface area is 218 Å². The highest BCUT2D eigenvalue weighted by Gasteiger charge is 2.34. The van der Waals surface area contributed by atoms with Gasteiger partial charge in [0, 0.05) is 42.3 Å². The Balaban J connectivity index is 1.23. The Kier molecular flexibility index (Phi) is 7.55. The fourth-order valence-electron chi connectivity index (χ4n) is 5.34. The molecule has 3 atom stereocenters. The second-order valence-electron chi connectivity index (χ2n) is 9.95. The number of piperidine rings is 1. The Morgan fingerprint density at radius 3 is 2.63 bits per heavy atom. The summed E-state index contributed by atoms with van der Waals surface area (Å²) in [5.41, 5.74) is 5.63. The maximum atomic E-state index is 13.2. The number of primary amides is 1. The van der Waals surface area contributed by atoms with E-state index >= 15 is 0 Å². The first kappa shape index (κ1) is 26.0. The van der Waals surface area contributed by atoms with Crippen molar-refractivity contribution in [2.45, 2.75) is 62.8 Å². The van der Waals surface area contributed by atoms with Crippen LogP contribution in [0.3, 0.4) is 0 Å². The van der Waals surface area contributed by atoms with Crippen LogP contribution < -0.4 is 21.3 Å². The Morgan fingerprint density at radius 2 is 1.84 bits per heavy atom. The van der Waals surface area contributed by atoms with Crippen LogP contribution in [0.2, 0.25) is 0 Å². The molecule has 1 aliphatic heterocycles. The van der Waals surface area contributed by atoms with Gasteiger partial charge >= 0.3 is 6.18 Å². The molecule has 0 radical (unpaired) electrons. The fourth-order valence-corrected chi connectivity index (χ4v) is 5.34. The van der Waals surface area contributed by atoms with Crippen molar-refractivity contribution in [3.8, 4) is 11.3 Å². The summed E-state index contributed by atoms with van der Waals surface area (Å²) in [6.45, 7) is 1.27. The van der Waals surface area contributed by atoms with Crippen LogP contribution in [0.4, 0.5) is 25.0 Å². The first-order valence-electron chi connectivity index (χ1n) is 12.9. The van der Waals surface area contributed by atoms with Gasteiger partial charge in [-0.05, 0) is 49.9 Å². The molecule has 5 rings (SSSR count).